The Bertz CT molecular complexity index is 820. The van der Waals surface area contributed by atoms with Crippen LogP contribution in [-0.4, -0.2) is 21.8 Å². The van der Waals surface area contributed by atoms with Gasteiger partial charge in [0.05, 0.1) is 11.4 Å². The maximum absolute atomic E-state index is 12.7. The van der Waals surface area contributed by atoms with E-state index in [0.29, 0.717) is 0 Å². The van der Waals surface area contributed by atoms with Gasteiger partial charge in [-0.15, -0.1) is 22.7 Å². The summed E-state index contributed by atoms with van der Waals surface area (Å²) in [6.45, 7) is 0. The summed E-state index contributed by atoms with van der Waals surface area (Å²) in [5.41, 5.74) is 2.34. The lowest BCUT2D eigenvalue weighted by atomic mass is 9.81. The van der Waals surface area contributed by atoms with E-state index in [-0.39, 0.29) is 23.7 Å². The molecule has 0 spiro atoms. The fraction of sp³-hybridized carbons (Fsp3) is 0.636. The van der Waals surface area contributed by atoms with E-state index in [2.05, 4.69) is 20.6 Å². The third-order valence-electron chi connectivity index (χ3n) is 6.62. The van der Waals surface area contributed by atoms with E-state index in [4.69, 9.17) is 0 Å². The molecule has 160 valence electrons. The second kappa shape index (κ2) is 8.75. The van der Waals surface area contributed by atoms with Gasteiger partial charge in [0.25, 0.3) is 0 Å². The van der Waals surface area contributed by atoms with E-state index in [1.807, 2.05) is 0 Å². The summed E-state index contributed by atoms with van der Waals surface area (Å²) in [4.78, 5) is 37.3. The van der Waals surface area contributed by atoms with E-state index in [0.717, 1.165) is 61.6 Å². The molecule has 1 saturated carbocycles. The summed E-state index contributed by atoms with van der Waals surface area (Å²) in [6.07, 6.45) is 12.1. The number of thiazole rings is 2. The van der Waals surface area contributed by atoms with E-state index in [1.165, 1.54) is 46.8 Å². The maximum Gasteiger partial charge on any atom is 0.229 e. The molecule has 0 aliphatic heterocycles. The van der Waals surface area contributed by atoms with Crippen LogP contribution in [0.15, 0.2) is 0 Å². The zero-order valence-corrected chi connectivity index (χ0v) is 18.8. The minimum Gasteiger partial charge on any atom is -0.302 e. The predicted molar refractivity (Wildman–Crippen MR) is 120 cm³/mol. The first-order valence-electron chi connectivity index (χ1n) is 11.2. The Morgan fingerprint density at radius 1 is 0.667 bits per heavy atom. The van der Waals surface area contributed by atoms with Crippen molar-refractivity contribution in [3.05, 3.63) is 21.1 Å². The van der Waals surface area contributed by atoms with Gasteiger partial charge in [-0.3, -0.25) is 9.59 Å². The Morgan fingerprint density at radius 3 is 1.47 bits per heavy atom. The summed E-state index contributed by atoms with van der Waals surface area (Å²) in [5, 5.41) is 7.58. The minimum atomic E-state index is -0.0258. The zero-order chi connectivity index (χ0) is 20.5. The number of hydrogen-bond donors (Lipinski definition) is 2. The number of aromatic nitrogens is 2. The van der Waals surface area contributed by atoms with Gasteiger partial charge in [0.1, 0.15) is 0 Å². The van der Waals surface area contributed by atoms with Gasteiger partial charge in [0, 0.05) is 21.6 Å². The Kier molecular flexibility index (Phi) is 5.87. The van der Waals surface area contributed by atoms with Gasteiger partial charge in [-0.05, 0) is 77.0 Å². The number of aryl methyl sites for hydroxylation is 4. The summed E-state index contributed by atoms with van der Waals surface area (Å²) in [7, 11) is 0. The monoisotopic (exact) mass is 444 g/mol. The van der Waals surface area contributed by atoms with Crippen LogP contribution >= 0.6 is 22.7 Å². The van der Waals surface area contributed by atoms with Crippen molar-refractivity contribution in [2.24, 2.45) is 11.8 Å². The first kappa shape index (κ1) is 20.1. The van der Waals surface area contributed by atoms with Gasteiger partial charge in [0.15, 0.2) is 10.3 Å². The molecular formula is C22H28N4O2S2. The van der Waals surface area contributed by atoms with Crippen molar-refractivity contribution in [2.45, 2.75) is 77.0 Å². The lowest BCUT2D eigenvalue weighted by molar-refractivity contribution is -0.125. The molecule has 0 saturated heterocycles. The Balaban J connectivity index is 1.12. The molecule has 0 unspecified atom stereocenters. The molecule has 2 amide bonds. The van der Waals surface area contributed by atoms with Gasteiger partial charge in [0.2, 0.25) is 11.8 Å². The molecule has 0 radical (unpaired) electrons. The van der Waals surface area contributed by atoms with Crippen LogP contribution in [0.2, 0.25) is 0 Å². The van der Waals surface area contributed by atoms with Gasteiger partial charge < -0.3 is 10.6 Å². The summed E-state index contributed by atoms with van der Waals surface area (Å²) >= 11 is 3.27. The number of fused-ring (bicyclic) bond motifs is 2. The number of anilines is 2. The number of carbonyl (C=O) groups is 2. The number of rotatable bonds is 4. The van der Waals surface area contributed by atoms with Gasteiger partial charge in [-0.1, -0.05) is 0 Å². The number of carbonyl (C=O) groups excluding carboxylic acids is 2. The van der Waals surface area contributed by atoms with Crippen LogP contribution in [-0.2, 0) is 35.3 Å². The molecular weight excluding hydrogens is 416 g/mol. The molecule has 30 heavy (non-hydrogen) atoms. The largest absolute Gasteiger partial charge is 0.302 e. The smallest absolute Gasteiger partial charge is 0.229 e. The topological polar surface area (TPSA) is 84.0 Å². The fourth-order valence-electron chi connectivity index (χ4n) is 4.84. The van der Waals surface area contributed by atoms with Crippen molar-refractivity contribution in [1.29, 1.82) is 0 Å². The van der Waals surface area contributed by atoms with Crippen LogP contribution in [0, 0.1) is 11.8 Å². The van der Waals surface area contributed by atoms with Crippen molar-refractivity contribution >= 4 is 44.8 Å². The van der Waals surface area contributed by atoms with Crippen molar-refractivity contribution in [2.75, 3.05) is 10.6 Å². The van der Waals surface area contributed by atoms with Gasteiger partial charge in [-0.2, -0.15) is 0 Å². The van der Waals surface area contributed by atoms with E-state index in [9.17, 15) is 9.59 Å². The van der Waals surface area contributed by atoms with Crippen LogP contribution in [0.25, 0.3) is 0 Å². The molecule has 0 bridgehead atoms. The van der Waals surface area contributed by atoms with E-state index in [1.54, 1.807) is 22.7 Å². The van der Waals surface area contributed by atoms with Crippen LogP contribution in [0.5, 0.6) is 0 Å². The van der Waals surface area contributed by atoms with E-state index >= 15 is 0 Å². The average molecular weight is 445 g/mol. The molecule has 6 nitrogen and oxygen atoms in total. The molecule has 2 heterocycles. The average Bonchev–Trinajstić information content (AvgIpc) is 3.36. The predicted octanol–water partition coefficient (Wildman–Crippen LogP) is 4.74. The van der Waals surface area contributed by atoms with Crippen molar-refractivity contribution < 1.29 is 9.59 Å². The normalized spacial score (nSPS) is 23.3. The number of nitrogens with one attached hydrogen (secondary N) is 2. The summed E-state index contributed by atoms with van der Waals surface area (Å²) < 4.78 is 0. The molecule has 2 aromatic rings. The lowest BCUT2D eigenvalue weighted by Crippen LogP contribution is -2.32. The third-order valence-corrected chi connectivity index (χ3v) is 8.77. The van der Waals surface area contributed by atoms with Crippen LogP contribution in [0.4, 0.5) is 10.3 Å². The minimum absolute atomic E-state index is 0.0258. The zero-order valence-electron chi connectivity index (χ0n) is 17.2. The molecule has 3 aliphatic carbocycles. The van der Waals surface area contributed by atoms with Gasteiger partial charge >= 0.3 is 0 Å². The van der Waals surface area contributed by atoms with Crippen molar-refractivity contribution in [1.82, 2.24) is 9.97 Å². The molecule has 1 fully saturated rings. The highest BCUT2D eigenvalue weighted by atomic mass is 32.1. The first-order chi connectivity index (χ1) is 14.7. The molecule has 0 atom stereocenters. The quantitative estimate of drug-likeness (QED) is 0.713. The second-order valence-electron chi connectivity index (χ2n) is 8.72. The van der Waals surface area contributed by atoms with Crippen molar-refractivity contribution in [3.8, 4) is 0 Å². The third kappa shape index (κ3) is 4.30. The first-order valence-corrected chi connectivity index (χ1v) is 12.9. The highest BCUT2D eigenvalue weighted by Gasteiger charge is 2.31. The SMILES string of the molecule is O=C(Nc1nc2c(s1)CCCC2)C1CCC(C(=O)Nc2nc3c(s2)CCCC3)CC1. The van der Waals surface area contributed by atoms with E-state index < -0.39 is 0 Å². The van der Waals surface area contributed by atoms with Crippen LogP contribution in [0.3, 0.4) is 0 Å². The lowest BCUT2D eigenvalue weighted by Gasteiger charge is -2.26. The molecule has 5 rings (SSSR count). The summed E-state index contributed by atoms with van der Waals surface area (Å²) in [6, 6.07) is 0. The highest BCUT2D eigenvalue weighted by Crippen LogP contribution is 2.34. The number of nitrogens with zero attached hydrogens (tertiary/aromatic N) is 2. The molecule has 2 N–H and O–H groups in total. The molecule has 2 aromatic heterocycles. The summed E-state index contributed by atoms with van der Waals surface area (Å²) in [5.74, 6) is 0.0735. The number of hydrogen-bond acceptors (Lipinski definition) is 6. The number of amides is 2. The molecule has 3 aliphatic rings. The van der Waals surface area contributed by atoms with Crippen LogP contribution < -0.4 is 10.6 Å². The fourth-order valence-corrected chi connectivity index (χ4v) is 6.95. The maximum atomic E-state index is 12.7. The Labute approximate surface area is 184 Å². The van der Waals surface area contributed by atoms with Crippen molar-refractivity contribution in [3.63, 3.8) is 0 Å². The van der Waals surface area contributed by atoms with Crippen LogP contribution in [0.1, 0.15) is 72.5 Å². The molecule has 8 heteroatoms. The van der Waals surface area contributed by atoms with Gasteiger partial charge in [-0.25, -0.2) is 9.97 Å². The Morgan fingerprint density at radius 2 is 1.07 bits per heavy atom. The second-order valence-corrected chi connectivity index (χ2v) is 10.9. The highest BCUT2D eigenvalue weighted by molar-refractivity contribution is 7.16. The molecule has 0 aromatic carbocycles. The Hall–Kier alpha value is -1.80. The standard InChI is InChI=1S/C22H28N4O2S2/c27-19(25-21-23-15-5-1-3-7-17(15)29-21)13-9-11-14(12-10-13)20(28)26-22-24-16-6-2-4-8-18(16)30-22/h13-14H,1-12H2,(H,23,25,27)(H,24,26,28).